The highest BCUT2D eigenvalue weighted by molar-refractivity contribution is 5.82. The average Bonchev–Trinajstić information content (AvgIpc) is 2.26. The van der Waals surface area contributed by atoms with Crippen LogP contribution in [0, 0.1) is 5.92 Å². The van der Waals surface area contributed by atoms with Crippen molar-refractivity contribution in [2.24, 2.45) is 5.92 Å². The number of carbonyl (C=O) groups excluding carboxylic acids is 1. The lowest BCUT2D eigenvalue weighted by atomic mass is 10.0. The molecule has 1 rings (SSSR count). The smallest absolute Gasteiger partial charge is 0.239 e. The molecule has 2 atom stereocenters. The Labute approximate surface area is 80.5 Å². The van der Waals surface area contributed by atoms with Crippen LogP contribution in [0.1, 0.15) is 26.7 Å². The predicted molar refractivity (Wildman–Crippen MR) is 53.5 cm³/mol. The van der Waals surface area contributed by atoms with Crippen molar-refractivity contribution in [1.82, 2.24) is 10.2 Å². The number of nitrogens with zero attached hydrogens (tertiary/aromatic N) is 1. The van der Waals surface area contributed by atoms with Crippen molar-refractivity contribution in [1.29, 1.82) is 0 Å². The van der Waals surface area contributed by atoms with Gasteiger partial charge in [0.05, 0.1) is 6.04 Å². The molecule has 1 heterocycles. The minimum Gasteiger partial charge on any atom is -0.341 e. The maximum absolute atomic E-state index is 11.8. The van der Waals surface area contributed by atoms with E-state index in [1.54, 1.807) is 0 Å². The molecular weight excluding hydrogens is 164 g/mol. The second kappa shape index (κ2) is 4.61. The van der Waals surface area contributed by atoms with Crippen LogP contribution in [0.2, 0.25) is 0 Å². The molecule has 76 valence electrons. The van der Waals surface area contributed by atoms with Gasteiger partial charge in [0.2, 0.25) is 5.91 Å². The summed E-state index contributed by atoms with van der Waals surface area (Å²) in [6.45, 7) is 6.02. The number of rotatable bonds is 2. The Hall–Kier alpha value is -0.570. The normalized spacial score (nSPS) is 30.4. The van der Waals surface area contributed by atoms with Gasteiger partial charge >= 0.3 is 0 Å². The molecule has 3 heteroatoms. The second-order valence-corrected chi connectivity index (χ2v) is 3.90. The second-order valence-electron chi connectivity index (χ2n) is 3.90. The summed E-state index contributed by atoms with van der Waals surface area (Å²) in [7, 11) is 1.87. The third-order valence-electron chi connectivity index (χ3n) is 2.82. The van der Waals surface area contributed by atoms with E-state index in [-0.39, 0.29) is 11.9 Å². The van der Waals surface area contributed by atoms with E-state index in [2.05, 4.69) is 12.2 Å². The molecule has 0 bridgehead atoms. The van der Waals surface area contributed by atoms with E-state index in [1.807, 2.05) is 18.9 Å². The molecule has 1 amide bonds. The van der Waals surface area contributed by atoms with E-state index in [0.29, 0.717) is 5.92 Å². The first kappa shape index (κ1) is 10.5. The van der Waals surface area contributed by atoms with Crippen LogP contribution in [-0.2, 0) is 4.79 Å². The number of hydrogen-bond donors (Lipinski definition) is 1. The molecule has 3 nitrogen and oxygen atoms in total. The minimum absolute atomic E-state index is 0.0462. The Morgan fingerprint density at radius 2 is 2.23 bits per heavy atom. The SMILES string of the molecule is CCN1CC(C)CCC(NC)C1=O. The van der Waals surface area contributed by atoms with E-state index in [9.17, 15) is 4.79 Å². The first-order chi connectivity index (χ1) is 6.19. The van der Waals surface area contributed by atoms with Crippen LogP contribution in [0.3, 0.4) is 0 Å². The van der Waals surface area contributed by atoms with Gasteiger partial charge in [-0.15, -0.1) is 0 Å². The van der Waals surface area contributed by atoms with Gasteiger partial charge in [0, 0.05) is 13.1 Å². The summed E-state index contributed by atoms with van der Waals surface area (Å²) in [6.07, 6.45) is 2.13. The standard InChI is InChI=1S/C10H20N2O/c1-4-12-7-8(2)5-6-9(11-3)10(12)13/h8-9,11H,4-7H2,1-3H3. The lowest BCUT2D eigenvalue weighted by molar-refractivity contribution is -0.132. The predicted octanol–water partition coefficient (Wildman–Crippen LogP) is 0.853. The summed E-state index contributed by atoms with van der Waals surface area (Å²) in [5, 5.41) is 3.09. The highest BCUT2D eigenvalue weighted by Crippen LogP contribution is 2.16. The van der Waals surface area contributed by atoms with E-state index in [4.69, 9.17) is 0 Å². The lowest BCUT2D eigenvalue weighted by Crippen LogP contribution is -2.44. The van der Waals surface area contributed by atoms with Gasteiger partial charge in [0.15, 0.2) is 0 Å². The van der Waals surface area contributed by atoms with E-state index >= 15 is 0 Å². The van der Waals surface area contributed by atoms with Gasteiger partial charge in [-0.05, 0) is 32.7 Å². The van der Waals surface area contributed by atoms with Crippen molar-refractivity contribution in [3.05, 3.63) is 0 Å². The molecule has 0 aliphatic carbocycles. The van der Waals surface area contributed by atoms with Crippen LogP contribution >= 0.6 is 0 Å². The number of likely N-dealkylation sites (N-methyl/N-ethyl adjacent to an activating group) is 2. The van der Waals surface area contributed by atoms with Crippen molar-refractivity contribution in [3.8, 4) is 0 Å². The summed E-state index contributed by atoms with van der Waals surface area (Å²) in [4.78, 5) is 13.8. The van der Waals surface area contributed by atoms with Gasteiger partial charge in [-0.2, -0.15) is 0 Å². The number of nitrogens with one attached hydrogen (secondary N) is 1. The van der Waals surface area contributed by atoms with Crippen molar-refractivity contribution >= 4 is 5.91 Å². The highest BCUT2D eigenvalue weighted by Gasteiger charge is 2.26. The van der Waals surface area contributed by atoms with Gasteiger partial charge in [0.25, 0.3) is 0 Å². The molecule has 1 N–H and O–H groups in total. The molecule has 1 saturated heterocycles. The van der Waals surface area contributed by atoms with Crippen LogP contribution in [0.15, 0.2) is 0 Å². The minimum atomic E-state index is 0.0462. The summed E-state index contributed by atoms with van der Waals surface area (Å²) in [6, 6.07) is 0.0462. The first-order valence-corrected chi connectivity index (χ1v) is 5.15. The monoisotopic (exact) mass is 184 g/mol. The molecule has 0 radical (unpaired) electrons. The highest BCUT2D eigenvalue weighted by atomic mass is 16.2. The fourth-order valence-corrected chi connectivity index (χ4v) is 1.91. The first-order valence-electron chi connectivity index (χ1n) is 5.15. The number of amides is 1. The van der Waals surface area contributed by atoms with Crippen molar-refractivity contribution < 1.29 is 4.79 Å². The fraction of sp³-hybridized carbons (Fsp3) is 0.900. The number of carbonyl (C=O) groups is 1. The van der Waals surface area contributed by atoms with E-state index < -0.39 is 0 Å². The van der Waals surface area contributed by atoms with Crippen LogP contribution in [0.25, 0.3) is 0 Å². The maximum atomic E-state index is 11.8. The summed E-state index contributed by atoms with van der Waals surface area (Å²) in [5.41, 5.74) is 0. The van der Waals surface area contributed by atoms with Crippen molar-refractivity contribution in [3.63, 3.8) is 0 Å². The Morgan fingerprint density at radius 1 is 1.54 bits per heavy atom. The Balaban J connectivity index is 2.67. The molecule has 13 heavy (non-hydrogen) atoms. The van der Waals surface area contributed by atoms with Gasteiger partial charge in [0.1, 0.15) is 0 Å². The quantitative estimate of drug-likeness (QED) is 0.690. The van der Waals surface area contributed by atoms with Gasteiger partial charge in [-0.3, -0.25) is 4.79 Å². The van der Waals surface area contributed by atoms with Gasteiger partial charge in [-0.1, -0.05) is 6.92 Å². The van der Waals surface area contributed by atoms with Crippen LogP contribution < -0.4 is 5.32 Å². The molecule has 2 unspecified atom stereocenters. The van der Waals surface area contributed by atoms with Crippen molar-refractivity contribution in [2.75, 3.05) is 20.1 Å². The third kappa shape index (κ3) is 2.44. The molecule has 1 aliphatic heterocycles. The Kier molecular flexibility index (Phi) is 3.72. The molecular formula is C10H20N2O. The maximum Gasteiger partial charge on any atom is 0.239 e. The zero-order valence-corrected chi connectivity index (χ0v) is 8.84. The van der Waals surface area contributed by atoms with E-state index in [1.165, 1.54) is 0 Å². The topological polar surface area (TPSA) is 32.3 Å². The molecule has 0 saturated carbocycles. The number of likely N-dealkylation sites (tertiary alicyclic amines) is 1. The lowest BCUT2D eigenvalue weighted by Gasteiger charge is -2.23. The zero-order chi connectivity index (χ0) is 9.84. The van der Waals surface area contributed by atoms with Crippen LogP contribution in [-0.4, -0.2) is 37.0 Å². The molecule has 1 aliphatic rings. The van der Waals surface area contributed by atoms with Gasteiger partial charge < -0.3 is 10.2 Å². The summed E-state index contributed by atoms with van der Waals surface area (Å²) >= 11 is 0. The molecule has 0 spiro atoms. The zero-order valence-electron chi connectivity index (χ0n) is 8.84. The van der Waals surface area contributed by atoms with Crippen LogP contribution in [0.5, 0.6) is 0 Å². The third-order valence-corrected chi connectivity index (χ3v) is 2.82. The Morgan fingerprint density at radius 3 is 2.77 bits per heavy atom. The molecule has 1 fully saturated rings. The average molecular weight is 184 g/mol. The summed E-state index contributed by atoms with van der Waals surface area (Å²) in [5.74, 6) is 0.914. The molecule has 0 aromatic carbocycles. The largest absolute Gasteiger partial charge is 0.341 e. The summed E-state index contributed by atoms with van der Waals surface area (Å²) < 4.78 is 0. The van der Waals surface area contributed by atoms with Gasteiger partial charge in [-0.25, -0.2) is 0 Å². The van der Waals surface area contributed by atoms with Crippen LogP contribution in [0.4, 0.5) is 0 Å². The fourth-order valence-electron chi connectivity index (χ4n) is 1.91. The molecule has 0 aromatic heterocycles. The van der Waals surface area contributed by atoms with Crippen molar-refractivity contribution in [2.45, 2.75) is 32.7 Å². The number of hydrogen-bond acceptors (Lipinski definition) is 2. The van der Waals surface area contributed by atoms with E-state index in [0.717, 1.165) is 25.9 Å². The molecule has 0 aromatic rings. The Bertz CT molecular complexity index is 182.